The Kier molecular flexibility index (Phi) is 6.92. The molecule has 0 spiro atoms. The molecular formula is C27H32ClN3OS. The summed E-state index contributed by atoms with van der Waals surface area (Å²) in [6.07, 6.45) is 3.89. The van der Waals surface area contributed by atoms with Crippen LogP contribution in [0.1, 0.15) is 64.5 Å². The van der Waals surface area contributed by atoms with E-state index in [2.05, 4.69) is 51.7 Å². The van der Waals surface area contributed by atoms with Crippen LogP contribution in [-0.4, -0.2) is 34.6 Å². The molecule has 0 N–H and O–H groups in total. The number of amides is 1. The number of anilines is 1. The van der Waals surface area contributed by atoms with Crippen LogP contribution in [-0.2, 0) is 4.79 Å². The molecule has 174 valence electrons. The first-order valence-electron chi connectivity index (χ1n) is 11.7. The number of para-hydroxylation sites is 1. The number of carbonyl (C=O) groups excluding carboxylic acids is 1. The number of aliphatic imine (C=N–C) groups is 1. The van der Waals surface area contributed by atoms with Gasteiger partial charge in [-0.15, -0.1) is 0 Å². The molecular weight excluding hydrogens is 450 g/mol. The third kappa shape index (κ3) is 4.71. The van der Waals surface area contributed by atoms with Crippen molar-refractivity contribution in [1.82, 2.24) is 4.90 Å². The molecule has 0 saturated carbocycles. The third-order valence-corrected chi connectivity index (χ3v) is 7.76. The zero-order valence-corrected chi connectivity index (χ0v) is 21.6. The molecule has 33 heavy (non-hydrogen) atoms. The smallest absolute Gasteiger partial charge is 0.266 e. The fourth-order valence-corrected chi connectivity index (χ4v) is 6.22. The van der Waals surface area contributed by atoms with Crippen LogP contribution < -0.4 is 4.90 Å². The van der Waals surface area contributed by atoms with Crippen molar-refractivity contribution < 1.29 is 4.79 Å². The van der Waals surface area contributed by atoms with E-state index in [-0.39, 0.29) is 11.4 Å². The molecule has 2 heterocycles. The Morgan fingerprint density at radius 1 is 1.21 bits per heavy atom. The van der Waals surface area contributed by atoms with Crippen LogP contribution in [0.5, 0.6) is 0 Å². The molecule has 2 aromatic carbocycles. The standard InChI is InChI=1S/C27H32ClN3OS/c1-6-13-30-25(32)24(33-26(30)29-20-11-9-8-10-12-20)15-19-14-21-18(3)17-27(4,5)31(7-2)23(21)16-22(19)28/h8-12,14-16,18H,6-7,13,17H2,1-5H3/b24-15+,29-26?. The summed E-state index contributed by atoms with van der Waals surface area (Å²) < 4.78 is 0. The third-order valence-electron chi connectivity index (χ3n) is 6.42. The summed E-state index contributed by atoms with van der Waals surface area (Å²) >= 11 is 8.21. The Labute approximate surface area is 206 Å². The molecule has 1 atom stereocenters. The lowest BCUT2D eigenvalue weighted by Crippen LogP contribution is -2.48. The highest BCUT2D eigenvalue weighted by atomic mass is 35.5. The van der Waals surface area contributed by atoms with Crippen LogP contribution in [0.3, 0.4) is 0 Å². The molecule has 0 aliphatic carbocycles. The molecule has 4 nitrogen and oxygen atoms in total. The van der Waals surface area contributed by atoms with Gasteiger partial charge in [0, 0.05) is 29.3 Å². The Balaban J connectivity index is 1.72. The summed E-state index contributed by atoms with van der Waals surface area (Å²) in [6.45, 7) is 12.7. The van der Waals surface area contributed by atoms with Crippen molar-refractivity contribution in [2.24, 2.45) is 4.99 Å². The second-order valence-corrected chi connectivity index (χ2v) is 10.8. The first kappa shape index (κ1) is 23.9. The van der Waals surface area contributed by atoms with E-state index in [1.54, 1.807) is 4.90 Å². The number of carbonyl (C=O) groups is 1. The van der Waals surface area contributed by atoms with Crippen LogP contribution in [0, 0.1) is 0 Å². The van der Waals surface area contributed by atoms with Crippen molar-refractivity contribution >= 4 is 51.9 Å². The fourth-order valence-electron chi connectivity index (χ4n) is 5.00. The Hall–Kier alpha value is -2.24. The van der Waals surface area contributed by atoms with E-state index in [9.17, 15) is 4.79 Å². The molecule has 0 bridgehead atoms. The lowest BCUT2D eigenvalue weighted by molar-refractivity contribution is -0.122. The van der Waals surface area contributed by atoms with Gasteiger partial charge in [-0.1, -0.05) is 43.6 Å². The first-order chi connectivity index (χ1) is 15.7. The van der Waals surface area contributed by atoms with Crippen molar-refractivity contribution in [3.8, 4) is 0 Å². The normalized spacial score (nSPS) is 22.4. The number of rotatable bonds is 5. The quantitative estimate of drug-likeness (QED) is 0.415. The zero-order valence-electron chi connectivity index (χ0n) is 20.1. The number of benzene rings is 2. The molecule has 2 aromatic rings. The monoisotopic (exact) mass is 481 g/mol. The van der Waals surface area contributed by atoms with Crippen LogP contribution in [0.4, 0.5) is 11.4 Å². The van der Waals surface area contributed by atoms with Gasteiger partial charge in [-0.3, -0.25) is 9.69 Å². The van der Waals surface area contributed by atoms with Crippen LogP contribution in [0.25, 0.3) is 6.08 Å². The Bertz CT molecular complexity index is 1110. The van der Waals surface area contributed by atoms with E-state index >= 15 is 0 Å². The topological polar surface area (TPSA) is 35.9 Å². The fraction of sp³-hybridized carbons (Fsp3) is 0.407. The lowest BCUT2D eigenvalue weighted by atomic mass is 9.79. The average molecular weight is 482 g/mol. The van der Waals surface area contributed by atoms with Crippen molar-refractivity contribution in [3.05, 3.63) is 63.5 Å². The summed E-state index contributed by atoms with van der Waals surface area (Å²) in [7, 11) is 0. The second-order valence-electron chi connectivity index (χ2n) is 9.39. The van der Waals surface area contributed by atoms with Gasteiger partial charge in [-0.2, -0.15) is 0 Å². The number of thioether (sulfide) groups is 1. The SMILES string of the molecule is CCCN1C(=O)/C(=C\c2cc3c(cc2Cl)N(CC)C(C)(C)CC3C)SC1=Nc1ccccc1. The average Bonchev–Trinajstić information content (AvgIpc) is 3.04. The highest BCUT2D eigenvalue weighted by molar-refractivity contribution is 8.18. The number of hydrogen-bond acceptors (Lipinski definition) is 4. The van der Waals surface area contributed by atoms with Crippen molar-refractivity contribution in [2.75, 3.05) is 18.0 Å². The van der Waals surface area contributed by atoms with E-state index in [1.165, 1.54) is 23.0 Å². The predicted octanol–water partition coefficient (Wildman–Crippen LogP) is 7.47. The van der Waals surface area contributed by atoms with Crippen molar-refractivity contribution in [1.29, 1.82) is 0 Å². The molecule has 0 radical (unpaired) electrons. The van der Waals surface area contributed by atoms with E-state index in [1.807, 2.05) is 36.4 Å². The summed E-state index contributed by atoms with van der Waals surface area (Å²) in [5.41, 5.74) is 4.33. The van der Waals surface area contributed by atoms with Crippen LogP contribution >= 0.6 is 23.4 Å². The van der Waals surface area contributed by atoms with Gasteiger partial charge in [-0.05, 0) is 92.8 Å². The second kappa shape index (κ2) is 9.55. The largest absolute Gasteiger partial charge is 0.366 e. The van der Waals surface area contributed by atoms with Gasteiger partial charge in [0.2, 0.25) is 0 Å². The zero-order chi connectivity index (χ0) is 23.8. The highest BCUT2D eigenvalue weighted by Gasteiger charge is 2.37. The number of amidine groups is 1. The summed E-state index contributed by atoms with van der Waals surface area (Å²) in [6, 6.07) is 14.0. The number of nitrogens with zero attached hydrogens (tertiary/aromatic N) is 3. The van der Waals surface area contributed by atoms with E-state index in [4.69, 9.17) is 16.6 Å². The van der Waals surface area contributed by atoms with E-state index in [0.29, 0.717) is 22.4 Å². The lowest BCUT2D eigenvalue weighted by Gasteiger charge is -2.47. The molecule has 2 aliphatic rings. The highest BCUT2D eigenvalue weighted by Crippen LogP contribution is 2.46. The molecule has 1 unspecified atom stereocenters. The summed E-state index contributed by atoms with van der Waals surface area (Å²) in [5, 5.41) is 1.40. The summed E-state index contributed by atoms with van der Waals surface area (Å²) in [5.74, 6) is 0.417. The molecule has 2 aliphatic heterocycles. The van der Waals surface area contributed by atoms with Crippen molar-refractivity contribution in [2.45, 2.75) is 58.9 Å². The van der Waals surface area contributed by atoms with Gasteiger partial charge in [0.05, 0.1) is 10.6 Å². The minimum atomic E-state index is -0.00492. The Morgan fingerprint density at radius 3 is 2.61 bits per heavy atom. The molecule has 4 rings (SSSR count). The number of fused-ring (bicyclic) bond motifs is 1. The number of hydrogen-bond donors (Lipinski definition) is 0. The molecule has 1 saturated heterocycles. The van der Waals surface area contributed by atoms with Crippen molar-refractivity contribution in [3.63, 3.8) is 0 Å². The Morgan fingerprint density at radius 2 is 1.94 bits per heavy atom. The van der Waals surface area contributed by atoms with Gasteiger partial charge in [0.1, 0.15) is 0 Å². The molecule has 6 heteroatoms. The molecule has 1 fully saturated rings. The minimum Gasteiger partial charge on any atom is -0.366 e. The van der Waals surface area contributed by atoms with Gasteiger partial charge in [-0.25, -0.2) is 4.99 Å². The molecule has 1 amide bonds. The summed E-state index contributed by atoms with van der Waals surface area (Å²) in [4.78, 5) is 22.9. The van der Waals surface area contributed by atoms with Gasteiger partial charge in [0.15, 0.2) is 5.17 Å². The maximum atomic E-state index is 13.3. The maximum Gasteiger partial charge on any atom is 0.266 e. The van der Waals surface area contributed by atoms with Gasteiger partial charge < -0.3 is 4.90 Å². The number of halogens is 1. The van der Waals surface area contributed by atoms with Gasteiger partial charge in [0.25, 0.3) is 5.91 Å². The minimum absolute atomic E-state index is 0.00492. The first-order valence-corrected chi connectivity index (χ1v) is 12.9. The predicted molar refractivity (Wildman–Crippen MR) is 143 cm³/mol. The van der Waals surface area contributed by atoms with Crippen LogP contribution in [0.2, 0.25) is 5.02 Å². The van der Waals surface area contributed by atoms with Gasteiger partial charge >= 0.3 is 0 Å². The van der Waals surface area contributed by atoms with Crippen LogP contribution in [0.15, 0.2) is 52.4 Å². The van der Waals surface area contributed by atoms with E-state index < -0.39 is 0 Å². The van der Waals surface area contributed by atoms with E-state index in [0.717, 1.165) is 35.8 Å². The molecule has 0 aromatic heterocycles. The maximum absolute atomic E-state index is 13.3.